The Bertz CT molecular complexity index is 558. The van der Waals surface area contributed by atoms with Gasteiger partial charge in [-0.15, -0.1) is 0 Å². The summed E-state index contributed by atoms with van der Waals surface area (Å²) in [5.74, 6) is -0.0139. The maximum atomic E-state index is 12.4. The minimum Gasteiger partial charge on any atom is -0.375 e. The lowest BCUT2D eigenvalue weighted by Crippen LogP contribution is -2.45. The average Bonchev–Trinajstić information content (AvgIpc) is 2.86. The molecule has 0 saturated carbocycles. The zero-order valence-electron chi connectivity index (χ0n) is 11.5. The van der Waals surface area contributed by atoms with E-state index in [0.29, 0.717) is 25.9 Å². The lowest BCUT2D eigenvalue weighted by molar-refractivity contribution is -0.135. The van der Waals surface area contributed by atoms with Crippen molar-refractivity contribution < 1.29 is 14.3 Å². The van der Waals surface area contributed by atoms with E-state index in [4.69, 9.17) is 4.74 Å². The van der Waals surface area contributed by atoms with Gasteiger partial charge in [0.2, 0.25) is 11.8 Å². The Morgan fingerprint density at radius 1 is 1.45 bits per heavy atom. The molecule has 0 aromatic heterocycles. The number of nitrogens with zero attached hydrogens (tertiary/aromatic N) is 1. The monoisotopic (exact) mass is 274 g/mol. The van der Waals surface area contributed by atoms with Gasteiger partial charge in [-0.1, -0.05) is 18.2 Å². The molecule has 1 aromatic rings. The van der Waals surface area contributed by atoms with Crippen LogP contribution in [0.25, 0.3) is 0 Å². The molecule has 1 spiro atoms. The van der Waals surface area contributed by atoms with Gasteiger partial charge in [0.1, 0.15) is 6.61 Å². The third-order valence-corrected chi connectivity index (χ3v) is 4.25. The minimum absolute atomic E-state index is 0.0314. The second-order valence-corrected chi connectivity index (χ2v) is 5.57. The Morgan fingerprint density at radius 3 is 3.05 bits per heavy atom. The fourth-order valence-electron chi connectivity index (χ4n) is 3.13. The van der Waals surface area contributed by atoms with E-state index in [1.54, 1.807) is 4.90 Å². The quantitative estimate of drug-likeness (QED) is 0.877. The molecule has 2 aliphatic heterocycles. The van der Waals surface area contributed by atoms with Crippen molar-refractivity contribution >= 4 is 17.5 Å². The van der Waals surface area contributed by atoms with E-state index in [1.807, 2.05) is 24.3 Å². The SMILES string of the molecule is COCC(=O)N1CC[C@@]2(Cc3ccccc3NC2=O)C1. The molecule has 20 heavy (non-hydrogen) atoms. The Kier molecular flexibility index (Phi) is 3.22. The van der Waals surface area contributed by atoms with Gasteiger partial charge in [-0.3, -0.25) is 9.59 Å². The number of fused-ring (bicyclic) bond motifs is 1. The number of nitrogens with one attached hydrogen (secondary N) is 1. The van der Waals surface area contributed by atoms with Crippen molar-refractivity contribution in [1.29, 1.82) is 0 Å². The summed E-state index contributed by atoms with van der Waals surface area (Å²) >= 11 is 0. The summed E-state index contributed by atoms with van der Waals surface area (Å²) in [6.07, 6.45) is 1.41. The highest BCUT2D eigenvalue weighted by molar-refractivity contribution is 5.99. The second-order valence-electron chi connectivity index (χ2n) is 5.57. The molecular weight excluding hydrogens is 256 g/mol. The molecule has 2 heterocycles. The van der Waals surface area contributed by atoms with E-state index in [0.717, 1.165) is 11.3 Å². The molecule has 0 aliphatic carbocycles. The topological polar surface area (TPSA) is 58.6 Å². The summed E-state index contributed by atoms with van der Waals surface area (Å²) < 4.78 is 4.88. The Hall–Kier alpha value is -1.88. The molecule has 0 radical (unpaired) electrons. The summed E-state index contributed by atoms with van der Waals surface area (Å²) in [5, 5.41) is 2.98. The molecule has 5 heteroatoms. The van der Waals surface area contributed by atoms with Crippen LogP contribution in [0.3, 0.4) is 0 Å². The first kappa shape index (κ1) is 13.1. The lowest BCUT2D eigenvalue weighted by Gasteiger charge is -2.33. The zero-order chi connectivity index (χ0) is 14.2. The van der Waals surface area contributed by atoms with Crippen LogP contribution in [0.2, 0.25) is 0 Å². The van der Waals surface area contributed by atoms with Crippen LogP contribution < -0.4 is 5.32 Å². The summed E-state index contributed by atoms with van der Waals surface area (Å²) in [5.41, 5.74) is 1.57. The van der Waals surface area contributed by atoms with Crippen LogP contribution in [0.5, 0.6) is 0 Å². The fraction of sp³-hybridized carbons (Fsp3) is 0.467. The van der Waals surface area contributed by atoms with Gasteiger partial charge >= 0.3 is 0 Å². The van der Waals surface area contributed by atoms with E-state index in [1.165, 1.54) is 7.11 Å². The molecule has 2 amide bonds. The van der Waals surface area contributed by atoms with Crippen LogP contribution in [0.4, 0.5) is 5.69 Å². The number of likely N-dealkylation sites (tertiary alicyclic amines) is 1. The van der Waals surface area contributed by atoms with Gasteiger partial charge in [0.25, 0.3) is 0 Å². The van der Waals surface area contributed by atoms with Crippen LogP contribution in [0.1, 0.15) is 12.0 Å². The summed E-state index contributed by atoms with van der Waals surface area (Å²) in [4.78, 5) is 26.1. The Labute approximate surface area is 117 Å². The molecule has 1 atom stereocenters. The Balaban J connectivity index is 1.81. The first-order chi connectivity index (χ1) is 9.64. The zero-order valence-corrected chi connectivity index (χ0v) is 11.5. The van der Waals surface area contributed by atoms with E-state index in [9.17, 15) is 9.59 Å². The number of carbonyl (C=O) groups excluding carboxylic acids is 2. The van der Waals surface area contributed by atoms with Crippen LogP contribution in [0.15, 0.2) is 24.3 Å². The van der Waals surface area contributed by atoms with Gasteiger partial charge < -0.3 is 15.0 Å². The number of hydrogen-bond acceptors (Lipinski definition) is 3. The maximum Gasteiger partial charge on any atom is 0.248 e. The van der Waals surface area contributed by atoms with Crippen LogP contribution in [0, 0.1) is 5.41 Å². The standard InChI is InChI=1S/C15H18N2O3/c1-20-9-13(18)17-7-6-15(10-17)8-11-4-2-3-5-12(11)16-14(15)19/h2-5H,6-10H2,1H3,(H,16,19)/t15-/m1/s1. The summed E-state index contributed by atoms with van der Waals surface area (Å²) in [6.45, 7) is 1.18. The highest BCUT2D eigenvalue weighted by Crippen LogP contribution is 2.40. The highest BCUT2D eigenvalue weighted by Gasteiger charge is 2.48. The first-order valence-corrected chi connectivity index (χ1v) is 6.81. The predicted octanol–water partition coefficient (Wildman–Crippen LogP) is 1.05. The molecule has 0 unspecified atom stereocenters. The molecule has 1 aromatic carbocycles. The van der Waals surface area contributed by atoms with Crippen molar-refractivity contribution in [3.8, 4) is 0 Å². The van der Waals surface area contributed by atoms with Crippen molar-refractivity contribution in [2.75, 3.05) is 32.1 Å². The van der Waals surface area contributed by atoms with E-state index < -0.39 is 5.41 Å². The molecule has 2 aliphatic rings. The van der Waals surface area contributed by atoms with Gasteiger partial charge in [0.15, 0.2) is 0 Å². The third kappa shape index (κ3) is 2.08. The third-order valence-electron chi connectivity index (χ3n) is 4.25. The number of ether oxygens (including phenoxy) is 1. The maximum absolute atomic E-state index is 12.4. The number of para-hydroxylation sites is 1. The molecular formula is C15H18N2O3. The number of rotatable bonds is 2. The van der Waals surface area contributed by atoms with Gasteiger partial charge in [-0.25, -0.2) is 0 Å². The highest BCUT2D eigenvalue weighted by atomic mass is 16.5. The van der Waals surface area contributed by atoms with Crippen molar-refractivity contribution in [3.63, 3.8) is 0 Å². The van der Waals surface area contributed by atoms with E-state index in [2.05, 4.69) is 5.32 Å². The van der Waals surface area contributed by atoms with Crippen molar-refractivity contribution in [2.45, 2.75) is 12.8 Å². The predicted molar refractivity (Wildman–Crippen MR) is 74.3 cm³/mol. The number of hydrogen-bond donors (Lipinski definition) is 1. The van der Waals surface area contributed by atoms with Gasteiger partial charge in [-0.05, 0) is 24.5 Å². The number of carbonyl (C=O) groups is 2. The molecule has 1 fully saturated rings. The smallest absolute Gasteiger partial charge is 0.248 e. The second kappa shape index (κ2) is 4.90. The average molecular weight is 274 g/mol. The minimum atomic E-state index is -0.474. The molecule has 3 rings (SSSR count). The lowest BCUT2D eigenvalue weighted by atomic mass is 9.77. The Morgan fingerprint density at radius 2 is 2.25 bits per heavy atom. The number of amides is 2. The molecule has 1 N–H and O–H groups in total. The molecule has 5 nitrogen and oxygen atoms in total. The molecule has 106 valence electrons. The van der Waals surface area contributed by atoms with Gasteiger partial charge in [0.05, 0.1) is 5.41 Å². The van der Waals surface area contributed by atoms with E-state index in [-0.39, 0.29) is 18.4 Å². The number of benzene rings is 1. The molecule has 1 saturated heterocycles. The largest absolute Gasteiger partial charge is 0.375 e. The molecule has 0 bridgehead atoms. The van der Waals surface area contributed by atoms with Crippen LogP contribution >= 0.6 is 0 Å². The van der Waals surface area contributed by atoms with Crippen molar-refractivity contribution in [3.05, 3.63) is 29.8 Å². The van der Waals surface area contributed by atoms with Gasteiger partial charge in [-0.2, -0.15) is 0 Å². The number of anilines is 1. The van der Waals surface area contributed by atoms with Gasteiger partial charge in [0, 0.05) is 25.9 Å². The van der Waals surface area contributed by atoms with E-state index >= 15 is 0 Å². The fourth-order valence-corrected chi connectivity index (χ4v) is 3.13. The van der Waals surface area contributed by atoms with Crippen molar-refractivity contribution in [1.82, 2.24) is 4.90 Å². The summed E-state index contributed by atoms with van der Waals surface area (Å²) in [6, 6.07) is 7.85. The van der Waals surface area contributed by atoms with Crippen LogP contribution in [-0.4, -0.2) is 43.5 Å². The normalized spacial score (nSPS) is 24.6. The summed E-state index contributed by atoms with van der Waals surface area (Å²) in [7, 11) is 1.51. The first-order valence-electron chi connectivity index (χ1n) is 6.81. The van der Waals surface area contributed by atoms with Crippen LogP contribution in [-0.2, 0) is 20.7 Å². The number of methoxy groups -OCH3 is 1. The van der Waals surface area contributed by atoms with Crippen molar-refractivity contribution in [2.24, 2.45) is 5.41 Å².